The first-order valence-corrected chi connectivity index (χ1v) is 2.73. The van der Waals surface area contributed by atoms with Crippen LogP contribution in [0.4, 0.5) is 4.39 Å². The molecule has 0 atom stereocenters. The Morgan fingerprint density at radius 2 is 2.40 bits per heavy atom. The third kappa shape index (κ3) is 1.06. The standard InChI is InChI=1S/C6H6FNO2/c7-5-2-1-3-8(10)6(5)4-9/h1-3,9H,4H2. The zero-order valence-electron chi connectivity index (χ0n) is 5.12. The molecule has 0 spiro atoms. The Bertz CT molecular complexity index is 219. The van der Waals surface area contributed by atoms with Crippen LogP contribution in [-0.2, 0) is 6.61 Å². The van der Waals surface area contributed by atoms with E-state index in [4.69, 9.17) is 5.11 Å². The average molecular weight is 143 g/mol. The molecular formula is C6H6FNO2. The molecule has 0 saturated carbocycles. The molecule has 0 fully saturated rings. The van der Waals surface area contributed by atoms with Crippen LogP contribution in [0.15, 0.2) is 18.3 Å². The Morgan fingerprint density at radius 3 is 2.80 bits per heavy atom. The van der Waals surface area contributed by atoms with Crippen molar-refractivity contribution in [1.82, 2.24) is 0 Å². The molecule has 0 aromatic carbocycles. The van der Waals surface area contributed by atoms with E-state index in [9.17, 15) is 9.60 Å². The summed E-state index contributed by atoms with van der Waals surface area (Å²) in [5.74, 6) is -0.681. The van der Waals surface area contributed by atoms with Gasteiger partial charge in [-0.1, -0.05) is 0 Å². The second-order valence-corrected chi connectivity index (χ2v) is 1.79. The lowest BCUT2D eigenvalue weighted by Crippen LogP contribution is -2.32. The van der Waals surface area contributed by atoms with Crippen LogP contribution < -0.4 is 4.73 Å². The van der Waals surface area contributed by atoms with Crippen LogP contribution >= 0.6 is 0 Å². The lowest BCUT2D eigenvalue weighted by Gasteiger charge is -2.00. The summed E-state index contributed by atoms with van der Waals surface area (Å²) in [6.45, 7) is -0.573. The number of aliphatic hydroxyl groups is 1. The van der Waals surface area contributed by atoms with Crippen LogP contribution in [0.1, 0.15) is 5.69 Å². The third-order valence-electron chi connectivity index (χ3n) is 1.16. The minimum atomic E-state index is -0.681. The summed E-state index contributed by atoms with van der Waals surface area (Å²) in [6, 6.07) is 2.40. The van der Waals surface area contributed by atoms with Gasteiger partial charge in [0.2, 0.25) is 0 Å². The average Bonchev–Trinajstić information content (AvgIpc) is 1.88. The summed E-state index contributed by atoms with van der Waals surface area (Å²) in [6.07, 6.45) is 1.13. The number of hydrogen-bond acceptors (Lipinski definition) is 2. The van der Waals surface area contributed by atoms with E-state index >= 15 is 0 Å². The van der Waals surface area contributed by atoms with E-state index in [1.807, 2.05) is 0 Å². The van der Waals surface area contributed by atoms with Crippen LogP contribution in [0.3, 0.4) is 0 Å². The lowest BCUT2D eigenvalue weighted by molar-refractivity contribution is -0.618. The minimum absolute atomic E-state index is 0.248. The fourth-order valence-electron chi connectivity index (χ4n) is 0.642. The van der Waals surface area contributed by atoms with Crippen molar-refractivity contribution in [3.05, 3.63) is 35.0 Å². The van der Waals surface area contributed by atoms with Crippen molar-refractivity contribution in [2.75, 3.05) is 0 Å². The predicted molar refractivity (Wildman–Crippen MR) is 31.3 cm³/mol. The van der Waals surface area contributed by atoms with Gasteiger partial charge in [0.1, 0.15) is 6.61 Å². The van der Waals surface area contributed by atoms with Gasteiger partial charge in [-0.2, -0.15) is 9.12 Å². The van der Waals surface area contributed by atoms with E-state index in [0.29, 0.717) is 4.73 Å². The van der Waals surface area contributed by atoms with Crippen LogP contribution in [0.25, 0.3) is 0 Å². The van der Waals surface area contributed by atoms with Crippen molar-refractivity contribution in [1.29, 1.82) is 0 Å². The van der Waals surface area contributed by atoms with Crippen molar-refractivity contribution in [2.45, 2.75) is 6.61 Å². The molecule has 1 N–H and O–H groups in total. The number of nitrogens with zero attached hydrogens (tertiary/aromatic N) is 1. The molecule has 1 heterocycles. The normalized spacial score (nSPS) is 9.80. The molecular weight excluding hydrogens is 137 g/mol. The number of aliphatic hydroxyl groups excluding tert-OH is 1. The van der Waals surface area contributed by atoms with E-state index in [-0.39, 0.29) is 5.69 Å². The number of pyridine rings is 1. The van der Waals surface area contributed by atoms with E-state index in [1.165, 1.54) is 6.07 Å². The SMILES string of the molecule is [O-][n+]1cccc(F)c1CO. The summed E-state index contributed by atoms with van der Waals surface area (Å²) in [4.78, 5) is 0. The number of aromatic nitrogens is 1. The molecule has 10 heavy (non-hydrogen) atoms. The monoisotopic (exact) mass is 143 g/mol. The van der Waals surface area contributed by atoms with E-state index in [2.05, 4.69) is 0 Å². The Morgan fingerprint density at radius 1 is 1.70 bits per heavy atom. The molecule has 4 heteroatoms. The number of halogens is 1. The molecule has 0 bridgehead atoms. The quantitative estimate of drug-likeness (QED) is 0.442. The van der Waals surface area contributed by atoms with E-state index in [1.54, 1.807) is 0 Å². The van der Waals surface area contributed by atoms with Gasteiger partial charge in [-0.3, -0.25) is 0 Å². The summed E-state index contributed by atoms with van der Waals surface area (Å²) < 4.78 is 12.8. The van der Waals surface area contributed by atoms with Gasteiger partial charge >= 0.3 is 0 Å². The third-order valence-corrected chi connectivity index (χ3v) is 1.16. The van der Waals surface area contributed by atoms with Crippen LogP contribution in [0, 0.1) is 11.0 Å². The maximum absolute atomic E-state index is 12.5. The number of rotatable bonds is 1. The molecule has 3 nitrogen and oxygen atoms in total. The molecule has 0 amide bonds. The van der Waals surface area contributed by atoms with Gasteiger partial charge in [0, 0.05) is 6.07 Å². The van der Waals surface area contributed by atoms with Crippen molar-refractivity contribution < 1.29 is 14.2 Å². The van der Waals surface area contributed by atoms with Gasteiger partial charge in [0.05, 0.1) is 0 Å². The van der Waals surface area contributed by atoms with Crippen LogP contribution in [0.2, 0.25) is 0 Å². The molecule has 0 unspecified atom stereocenters. The van der Waals surface area contributed by atoms with Crippen molar-refractivity contribution >= 4 is 0 Å². The first-order chi connectivity index (χ1) is 4.75. The topological polar surface area (TPSA) is 47.2 Å². The number of hydrogen-bond donors (Lipinski definition) is 1. The Kier molecular flexibility index (Phi) is 1.82. The van der Waals surface area contributed by atoms with E-state index in [0.717, 1.165) is 12.3 Å². The zero-order valence-corrected chi connectivity index (χ0v) is 5.12. The van der Waals surface area contributed by atoms with Crippen molar-refractivity contribution in [2.24, 2.45) is 0 Å². The van der Waals surface area contributed by atoms with Crippen molar-refractivity contribution in [3.8, 4) is 0 Å². The molecule has 1 rings (SSSR count). The fraction of sp³-hybridized carbons (Fsp3) is 0.167. The molecule has 0 aliphatic rings. The maximum atomic E-state index is 12.5. The molecule has 1 aromatic rings. The Labute approximate surface area is 56.9 Å². The molecule has 0 saturated heterocycles. The Balaban J connectivity index is 3.17. The molecule has 54 valence electrons. The molecule has 0 aliphatic heterocycles. The first-order valence-electron chi connectivity index (χ1n) is 2.73. The summed E-state index contributed by atoms with van der Waals surface area (Å²) >= 11 is 0. The highest BCUT2D eigenvalue weighted by molar-refractivity contribution is 4.99. The van der Waals surface area contributed by atoms with Gasteiger partial charge in [-0.25, -0.2) is 0 Å². The Hall–Kier alpha value is -1.16. The largest absolute Gasteiger partial charge is 0.618 e. The van der Waals surface area contributed by atoms with Crippen molar-refractivity contribution in [3.63, 3.8) is 0 Å². The lowest BCUT2D eigenvalue weighted by atomic mass is 10.3. The maximum Gasteiger partial charge on any atom is 0.254 e. The van der Waals surface area contributed by atoms with Gasteiger partial charge in [0.15, 0.2) is 12.0 Å². The van der Waals surface area contributed by atoms with Gasteiger partial charge in [0.25, 0.3) is 5.69 Å². The van der Waals surface area contributed by atoms with E-state index < -0.39 is 12.4 Å². The zero-order chi connectivity index (χ0) is 7.56. The van der Waals surface area contributed by atoms with Gasteiger partial charge in [-0.15, -0.1) is 0 Å². The highest BCUT2D eigenvalue weighted by atomic mass is 19.1. The van der Waals surface area contributed by atoms with Crippen LogP contribution in [-0.4, -0.2) is 5.11 Å². The van der Waals surface area contributed by atoms with Crippen LogP contribution in [0.5, 0.6) is 0 Å². The van der Waals surface area contributed by atoms with Gasteiger partial charge < -0.3 is 10.3 Å². The predicted octanol–water partition coefficient (Wildman–Crippen LogP) is -0.0486. The smallest absolute Gasteiger partial charge is 0.254 e. The van der Waals surface area contributed by atoms with Gasteiger partial charge in [-0.05, 0) is 6.07 Å². The minimum Gasteiger partial charge on any atom is -0.618 e. The highest BCUT2D eigenvalue weighted by Crippen LogP contribution is 1.98. The molecule has 0 radical (unpaired) electrons. The summed E-state index contributed by atoms with van der Waals surface area (Å²) in [5.41, 5.74) is -0.248. The highest BCUT2D eigenvalue weighted by Gasteiger charge is 2.08. The summed E-state index contributed by atoms with van der Waals surface area (Å²) in [7, 11) is 0. The fourth-order valence-corrected chi connectivity index (χ4v) is 0.642. The molecule has 1 aromatic heterocycles. The first kappa shape index (κ1) is 6.95. The second kappa shape index (κ2) is 2.62. The summed E-state index contributed by atoms with van der Waals surface area (Å²) in [5, 5.41) is 19.0. The molecule has 0 aliphatic carbocycles. The second-order valence-electron chi connectivity index (χ2n) is 1.79.